The van der Waals surface area contributed by atoms with Gasteiger partial charge >= 0.3 is 0 Å². The molecule has 0 unspecified atom stereocenters. The fourth-order valence-corrected chi connectivity index (χ4v) is 2.23. The molecule has 0 saturated carbocycles. The predicted octanol–water partition coefficient (Wildman–Crippen LogP) is 2.08. The number of amides is 1. The van der Waals surface area contributed by atoms with Gasteiger partial charge in [-0.1, -0.05) is 46.9 Å². The normalized spacial score (nSPS) is 13.0. The number of aromatic nitrogens is 2. The van der Waals surface area contributed by atoms with E-state index in [2.05, 4.69) is 15.7 Å². The Morgan fingerprint density at radius 1 is 1.32 bits per heavy atom. The Morgan fingerprint density at radius 3 is 2.55 bits per heavy atom. The van der Waals surface area contributed by atoms with Crippen molar-refractivity contribution in [3.8, 4) is 0 Å². The van der Waals surface area contributed by atoms with E-state index in [1.54, 1.807) is 31.2 Å². The van der Waals surface area contributed by atoms with Crippen molar-refractivity contribution < 1.29 is 4.79 Å². The monoisotopic (exact) mass is 362 g/mol. The van der Waals surface area contributed by atoms with Gasteiger partial charge in [0.15, 0.2) is 6.17 Å². The van der Waals surface area contributed by atoms with E-state index in [4.69, 9.17) is 34.8 Å². The first-order valence-corrected chi connectivity index (χ1v) is 7.42. The number of hydrogen-bond donors (Lipinski definition) is 2. The lowest BCUT2D eigenvalue weighted by molar-refractivity contribution is -0.119. The fraction of sp³-hybridized carbons (Fsp3) is 0.308. The van der Waals surface area contributed by atoms with Gasteiger partial charge in [0, 0.05) is 6.92 Å². The van der Waals surface area contributed by atoms with Gasteiger partial charge in [-0.15, -0.1) is 0 Å². The summed E-state index contributed by atoms with van der Waals surface area (Å²) in [6.07, 6.45) is -1.10. The lowest BCUT2D eigenvalue weighted by Crippen LogP contribution is -2.53. The number of fused-ring (bicyclic) bond motifs is 1. The highest BCUT2D eigenvalue weighted by molar-refractivity contribution is 6.68. The molecule has 118 valence electrons. The number of hydrogen-bond acceptors (Lipinski definition) is 4. The molecule has 2 N–H and O–H groups in total. The average Bonchev–Trinajstić information content (AvgIpc) is 2.40. The highest BCUT2D eigenvalue weighted by Gasteiger charge is 2.34. The van der Waals surface area contributed by atoms with Gasteiger partial charge in [0.1, 0.15) is 5.82 Å². The molecule has 0 spiro atoms. The Balaban J connectivity index is 2.49. The Bertz CT molecular complexity index is 770. The maximum atomic E-state index is 12.5. The zero-order valence-electron chi connectivity index (χ0n) is 11.7. The maximum Gasteiger partial charge on any atom is 0.280 e. The molecule has 2 aromatic rings. The number of halogens is 3. The molecule has 1 aromatic heterocycles. The lowest BCUT2D eigenvalue weighted by Gasteiger charge is -2.28. The second kappa shape index (κ2) is 6.32. The molecule has 0 bridgehead atoms. The third-order valence-corrected chi connectivity index (χ3v) is 3.53. The Morgan fingerprint density at radius 2 is 1.95 bits per heavy atom. The molecule has 0 aliphatic heterocycles. The number of carbonyl (C=O) groups is 1. The van der Waals surface area contributed by atoms with Gasteiger partial charge in [-0.05, 0) is 19.1 Å². The molecule has 6 nitrogen and oxygen atoms in total. The molecular weight excluding hydrogens is 351 g/mol. The second-order valence-electron chi connectivity index (χ2n) is 4.62. The molecule has 0 aliphatic rings. The average molecular weight is 364 g/mol. The maximum absolute atomic E-state index is 12.5. The molecule has 9 heteroatoms. The molecule has 0 fully saturated rings. The minimum absolute atomic E-state index is 0.354. The summed E-state index contributed by atoms with van der Waals surface area (Å²) in [4.78, 5) is 28.1. The topological polar surface area (TPSA) is 76.0 Å². The van der Waals surface area contributed by atoms with Gasteiger partial charge in [-0.2, -0.15) is 0 Å². The van der Waals surface area contributed by atoms with Crippen molar-refractivity contribution >= 4 is 51.6 Å². The van der Waals surface area contributed by atoms with Crippen LogP contribution in [0.1, 0.15) is 12.7 Å². The van der Waals surface area contributed by atoms with E-state index in [-0.39, 0.29) is 5.56 Å². The van der Waals surface area contributed by atoms with Crippen LogP contribution < -0.4 is 16.3 Å². The van der Waals surface area contributed by atoms with E-state index in [0.29, 0.717) is 16.7 Å². The molecule has 0 saturated heterocycles. The first-order chi connectivity index (χ1) is 10.2. The number of carbonyl (C=O) groups excluding carboxylic acids is 1. The quantitative estimate of drug-likeness (QED) is 0.647. The third-order valence-electron chi connectivity index (χ3n) is 2.88. The van der Waals surface area contributed by atoms with Crippen LogP contribution in [0.2, 0.25) is 0 Å². The third kappa shape index (κ3) is 3.63. The summed E-state index contributed by atoms with van der Waals surface area (Å²) in [6.45, 7) is 2.91. The Hall–Kier alpha value is -1.50. The van der Waals surface area contributed by atoms with Gasteiger partial charge < -0.3 is 5.32 Å². The van der Waals surface area contributed by atoms with Crippen molar-refractivity contribution in [3.63, 3.8) is 0 Å². The summed E-state index contributed by atoms with van der Waals surface area (Å²) in [6, 6.07) is 6.89. The summed E-state index contributed by atoms with van der Waals surface area (Å²) in [5, 5.41) is 2.85. The van der Waals surface area contributed by atoms with Crippen molar-refractivity contribution in [2.24, 2.45) is 0 Å². The van der Waals surface area contributed by atoms with Crippen molar-refractivity contribution in [1.29, 1.82) is 0 Å². The number of nitrogens with one attached hydrogen (secondary N) is 2. The molecule has 22 heavy (non-hydrogen) atoms. The molecule has 1 amide bonds. The molecule has 0 aliphatic carbocycles. The summed E-state index contributed by atoms with van der Waals surface area (Å²) in [5.41, 5.74) is 2.90. The van der Waals surface area contributed by atoms with Crippen LogP contribution in [0, 0.1) is 6.92 Å². The molecular formula is C13H13Cl3N4O2. The largest absolute Gasteiger partial charge is 0.331 e. The number of alkyl halides is 3. The lowest BCUT2D eigenvalue weighted by atomic mass is 10.2. The smallest absolute Gasteiger partial charge is 0.280 e. The molecule has 1 aromatic carbocycles. The van der Waals surface area contributed by atoms with E-state index in [1.165, 1.54) is 6.92 Å². The van der Waals surface area contributed by atoms with Crippen LogP contribution in [0.4, 0.5) is 0 Å². The standard InChI is InChI=1S/C13H13Cl3N4O2/c1-7-17-10-6-4-3-5-9(10)11(22)20(7)19-12(13(14,15)16)18-8(2)21/h3-6,12,19H,1-2H3,(H,18,21)/t12-/m1/s1. The molecule has 0 radical (unpaired) electrons. The molecule has 1 atom stereocenters. The van der Waals surface area contributed by atoms with Crippen molar-refractivity contribution in [1.82, 2.24) is 15.0 Å². The van der Waals surface area contributed by atoms with Gasteiger partial charge in [0.05, 0.1) is 10.9 Å². The van der Waals surface area contributed by atoms with E-state index in [0.717, 1.165) is 4.68 Å². The van der Waals surface area contributed by atoms with E-state index in [1.807, 2.05) is 0 Å². The van der Waals surface area contributed by atoms with Gasteiger partial charge in [-0.3, -0.25) is 15.0 Å². The van der Waals surface area contributed by atoms with Crippen LogP contribution in [-0.2, 0) is 4.79 Å². The highest BCUT2D eigenvalue weighted by atomic mass is 35.6. The number of rotatable bonds is 3. The van der Waals surface area contributed by atoms with Crippen LogP contribution >= 0.6 is 34.8 Å². The summed E-state index contributed by atoms with van der Waals surface area (Å²) in [5.74, 6) is -0.0448. The summed E-state index contributed by atoms with van der Waals surface area (Å²) < 4.78 is -0.714. The highest BCUT2D eigenvalue weighted by Crippen LogP contribution is 2.29. The van der Waals surface area contributed by atoms with E-state index >= 15 is 0 Å². The van der Waals surface area contributed by atoms with Crippen molar-refractivity contribution in [3.05, 3.63) is 40.4 Å². The van der Waals surface area contributed by atoms with Gasteiger partial charge in [-0.25, -0.2) is 9.66 Å². The second-order valence-corrected chi connectivity index (χ2v) is 6.99. The predicted molar refractivity (Wildman–Crippen MR) is 88.0 cm³/mol. The molecule has 2 rings (SSSR count). The van der Waals surface area contributed by atoms with Crippen LogP contribution in [0.15, 0.2) is 29.1 Å². The first kappa shape index (κ1) is 16.9. The minimum atomic E-state index is -1.86. The van der Waals surface area contributed by atoms with Crippen LogP contribution in [0.25, 0.3) is 10.9 Å². The minimum Gasteiger partial charge on any atom is -0.331 e. The summed E-state index contributed by atoms with van der Waals surface area (Å²) >= 11 is 17.5. The number of benzene rings is 1. The Labute approximate surface area is 141 Å². The SMILES string of the molecule is CC(=O)N[C@H](Nn1c(C)nc2ccccc2c1=O)C(Cl)(Cl)Cl. The van der Waals surface area contributed by atoms with Crippen LogP contribution in [-0.4, -0.2) is 25.5 Å². The van der Waals surface area contributed by atoms with Gasteiger partial charge in [0.25, 0.3) is 5.56 Å². The molecule has 1 heterocycles. The van der Waals surface area contributed by atoms with Gasteiger partial charge in [0.2, 0.25) is 9.70 Å². The van der Waals surface area contributed by atoms with Crippen LogP contribution in [0.5, 0.6) is 0 Å². The fourth-order valence-electron chi connectivity index (χ4n) is 1.92. The Kier molecular flexibility index (Phi) is 4.84. The number of aryl methyl sites for hydroxylation is 1. The summed E-state index contributed by atoms with van der Waals surface area (Å²) in [7, 11) is 0. The van der Waals surface area contributed by atoms with Crippen molar-refractivity contribution in [2.75, 3.05) is 5.43 Å². The van der Waals surface area contributed by atoms with Crippen molar-refractivity contribution in [2.45, 2.75) is 23.8 Å². The number of para-hydroxylation sites is 1. The zero-order valence-corrected chi connectivity index (χ0v) is 14.0. The number of nitrogens with zero attached hydrogens (tertiary/aromatic N) is 2. The van der Waals surface area contributed by atoms with Crippen LogP contribution in [0.3, 0.4) is 0 Å². The zero-order chi connectivity index (χ0) is 16.5. The first-order valence-electron chi connectivity index (χ1n) is 6.29. The van der Waals surface area contributed by atoms with E-state index in [9.17, 15) is 9.59 Å². The van der Waals surface area contributed by atoms with E-state index < -0.39 is 15.9 Å².